The van der Waals surface area contributed by atoms with Gasteiger partial charge in [0, 0.05) is 18.2 Å². The third-order valence-corrected chi connectivity index (χ3v) is 7.32. The summed E-state index contributed by atoms with van der Waals surface area (Å²) in [6.07, 6.45) is 0. The number of nitrogens with zero attached hydrogens (tertiary/aromatic N) is 1. The van der Waals surface area contributed by atoms with Crippen LogP contribution in [0.15, 0.2) is 65.6 Å². The van der Waals surface area contributed by atoms with Gasteiger partial charge in [0.25, 0.3) is 10.0 Å². The molecule has 0 aromatic heterocycles. The number of amides is 1. The Morgan fingerprint density at radius 1 is 0.757 bits per heavy atom. The van der Waals surface area contributed by atoms with Crippen LogP contribution < -0.4 is 33.3 Å². The molecule has 0 saturated heterocycles. The summed E-state index contributed by atoms with van der Waals surface area (Å²) in [5.41, 5.74) is 0.859. The van der Waals surface area contributed by atoms with E-state index in [0.717, 1.165) is 4.31 Å². The molecule has 0 aliphatic rings. The average Bonchev–Trinajstić information content (AvgIpc) is 2.93. The molecule has 0 heterocycles. The maximum absolute atomic E-state index is 13.6. The SMILES string of the molecule is COc1ccc(N(CC(=O)NCc2ccc(OC)c(OC)c2OC)S(=O)(=O)c2ccccc2)cc1OC. The molecule has 0 spiro atoms. The molecule has 0 saturated carbocycles. The molecule has 3 rings (SSSR count). The van der Waals surface area contributed by atoms with Crippen molar-refractivity contribution in [3.05, 3.63) is 66.2 Å². The van der Waals surface area contributed by atoms with Gasteiger partial charge in [-0.2, -0.15) is 0 Å². The van der Waals surface area contributed by atoms with E-state index in [4.69, 9.17) is 23.7 Å². The van der Waals surface area contributed by atoms with Gasteiger partial charge >= 0.3 is 0 Å². The molecule has 3 aromatic rings. The van der Waals surface area contributed by atoms with E-state index < -0.39 is 22.5 Å². The standard InChI is InChI=1S/C26H30N2O8S/c1-32-21-14-12-19(15-23(21)34-3)28(37(30,31)20-9-7-6-8-10-20)17-24(29)27-16-18-11-13-22(33-2)26(36-5)25(18)35-4/h6-15H,16-17H2,1-5H3,(H,27,29). The van der Waals surface area contributed by atoms with E-state index in [0.29, 0.717) is 34.3 Å². The van der Waals surface area contributed by atoms with Gasteiger partial charge in [0.1, 0.15) is 6.54 Å². The summed E-state index contributed by atoms with van der Waals surface area (Å²) in [6, 6.07) is 15.9. The van der Waals surface area contributed by atoms with Gasteiger partial charge in [-0.05, 0) is 36.4 Å². The van der Waals surface area contributed by atoms with Crippen LogP contribution >= 0.6 is 0 Å². The Balaban J connectivity index is 1.92. The van der Waals surface area contributed by atoms with Crippen molar-refractivity contribution in [3.63, 3.8) is 0 Å². The van der Waals surface area contributed by atoms with E-state index in [9.17, 15) is 13.2 Å². The quantitative estimate of drug-likeness (QED) is 0.380. The number of benzene rings is 3. The van der Waals surface area contributed by atoms with Crippen LogP contribution in [-0.2, 0) is 21.4 Å². The number of hydrogen-bond acceptors (Lipinski definition) is 8. The number of anilines is 1. The highest BCUT2D eigenvalue weighted by atomic mass is 32.2. The fraction of sp³-hybridized carbons (Fsp3) is 0.269. The minimum Gasteiger partial charge on any atom is -0.493 e. The first-order chi connectivity index (χ1) is 17.8. The molecule has 0 aliphatic carbocycles. The van der Waals surface area contributed by atoms with Crippen molar-refractivity contribution < 1.29 is 36.9 Å². The van der Waals surface area contributed by atoms with Crippen LogP contribution in [-0.4, -0.2) is 56.4 Å². The van der Waals surface area contributed by atoms with E-state index in [2.05, 4.69) is 5.32 Å². The summed E-state index contributed by atoms with van der Waals surface area (Å²) in [5, 5.41) is 2.76. The maximum atomic E-state index is 13.6. The largest absolute Gasteiger partial charge is 0.493 e. The summed E-state index contributed by atoms with van der Waals surface area (Å²) in [7, 11) is 3.30. The first-order valence-corrected chi connectivity index (χ1v) is 12.6. The third kappa shape index (κ3) is 6.00. The predicted octanol–water partition coefficient (Wildman–Crippen LogP) is 3.24. The van der Waals surface area contributed by atoms with Crippen molar-refractivity contribution in [2.24, 2.45) is 0 Å². The molecule has 1 N–H and O–H groups in total. The van der Waals surface area contributed by atoms with E-state index in [1.165, 1.54) is 53.7 Å². The Hall–Kier alpha value is -4.12. The zero-order chi connectivity index (χ0) is 27.0. The van der Waals surface area contributed by atoms with Crippen molar-refractivity contribution in [1.29, 1.82) is 0 Å². The zero-order valence-corrected chi connectivity index (χ0v) is 22.1. The highest BCUT2D eigenvalue weighted by Crippen LogP contribution is 2.39. The van der Waals surface area contributed by atoms with Gasteiger partial charge in [-0.3, -0.25) is 9.10 Å². The molecule has 0 fully saturated rings. The number of carbonyl (C=O) groups is 1. The lowest BCUT2D eigenvalue weighted by atomic mass is 10.1. The van der Waals surface area contributed by atoms with E-state index in [-0.39, 0.29) is 17.1 Å². The fourth-order valence-electron chi connectivity index (χ4n) is 3.70. The molecule has 11 heteroatoms. The molecular weight excluding hydrogens is 500 g/mol. The van der Waals surface area contributed by atoms with Crippen molar-refractivity contribution >= 4 is 21.6 Å². The van der Waals surface area contributed by atoms with Gasteiger partial charge in [0.05, 0.1) is 46.1 Å². The first kappa shape index (κ1) is 27.5. The summed E-state index contributed by atoms with van der Waals surface area (Å²) in [5.74, 6) is 1.47. The number of ether oxygens (including phenoxy) is 5. The molecular formula is C26H30N2O8S. The summed E-state index contributed by atoms with van der Waals surface area (Å²) >= 11 is 0. The Morgan fingerprint density at radius 2 is 1.38 bits per heavy atom. The highest BCUT2D eigenvalue weighted by molar-refractivity contribution is 7.92. The van der Waals surface area contributed by atoms with Gasteiger partial charge < -0.3 is 29.0 Å². The molecule has 37 heavy (non-hydrogen) atoms. The Morgan fingerprint density at radius 3 is 1.97 bits per heavy atom. The van der Waals surface area contributed by atoms with Crippen LogP contribution in [0.3, 0.4) is 0 Å². The maximum Gasteiger partial charge on any atom is 0.264 e. The van der Waals surface area contributed by atoms with Gasteiger partial charge in [0.15, 0.2) is 23.0 Å². The number of nitrogens with one attached hydrogen (secondary N) is 1. The van der Waals surface area contributed by atoms with Gasteiger partial charge in [0.2, 0.25) is 11.7 Å². The van der Waals surface area contributed by atoms with Crippen LogP contribution in [0, 0.1) is 0 Å². The smallest absolute Gasteiger partial charge is 0.264 e. The number of hydrogen-bond donors (Lipinski definition) is 1. The Bertz CT molecular complexity index is 1330. The van der Waals surface area contributed by atoms with E-state index in [1.807, 2.05) is 0 Å². The molecule has 0 bridgehead atoms. The monoisotopic (exact) mass is 530 g/mol. The fourth-order valence-corrected chi connectivity index (χ4v) is 5.13. The van der Waals surface area contributed by atoms with Crippen molar-refractivity contribution in [2.45, 2.75) is 11.4 Å². The zero-order valence-electron chi connectivity index (χ0n) is 21.3. The lowest BCUT2D eigenvalue weighted by Crippen LogP contribution is -2.40. The first-order valence-electron chi connectivity index (χ1n) is 11.1. The molecule has 0 aliphatic heterocycles. The molecule has 10 nitrogen and oxygen atoms in total. The lowest BCUT2D eigenvalue weighted by molar-refractivity contribution is -0.119. The Kier molecular flexibility index (Phi) is 9.07. The molecule has 198 valence electrons. The number of rotatable bonds is 12. The van der Waals surface area contributed by atoms with Crippen molar-refractivity contribution in [3.8, 4) is 28.7 Å². The lowest BCUT2D eigenvalue weighted by Gasteiger charge is -2.25. The molecule has 3 aromatic carbocycles. The summed E-state index contributed by atoms with van der Waals surface area (Å²) < 4.78 is 54.9. The third-order valence-electron chi connectivity index (χ3n) is 5.54. The topological polar surface area (TPSA) is 113 Å². The normalized spacial score (nSPS) is 10.8. The molecule has 1 amide bonds. The van der Waals surface area contributed by atoms with Crippen LogP contribution in [0.1, 0.15) is 5.56 Å². The van der Waals surface area contributed by atoms with Gasteiger partial charge in [-0.15, -0.1) is 0 Å². The highest BCUT2D eigenvalue weighted by Gasteiger charge is 2.28. The van der Waals surface area contributed by atoms with E-state index >= 15 is 0 Å². The predicted molar refractivity (Wildman–Crippen MR) is 138 cm³/mol. The minimum atomic E-state index is -4.09. The van der Waals surface area contributed by atoms with Gasteiger partial charge in [-0.25, -0.2) is 8.42 Å². The average molecular weight is 531 g/mol. The Labute approximate surface area is 216 Å². The number of carbonyl (C=O) groups excluding carboxylic acids is 1. The molecule has 0 radical (unpaired) electrons. The second-order valence-electron chi connectivity index (χ2n) is 7.63. The van der Waals surface area contributed by atoms with Crippen molar-refractivity contribution in [2.75, 3.05) is 46.4 Å². The summed E-state index contributed by atoms with van der Waals surface area (Å²) in [6.45, 7) is -0.421. The van der Waals surface area contributed by atoms with Crippen LogP contribution in [0.5, 0.6) is 28.7 Å². The number of methoxy groups -OCH3 is 5. The molecule has 0 unspecified atom stereocenters. The second kappa shape index (κ2) is 12.2. The molecule has 0 atom stereocenters. The van der Waals surface area contributed by atoms with Crippen molar-refractivity contribution in [1.82, 2.24) is 5.32 Å². The van der Waals surface area contributed by atoms with Crippen LogP contribution in [0.4, 0.5) is 5.69 Å². The second-order valence-corrected chi connectivity index (χ2v) is 9.50. The van der Waals surface area contributed by atoms with Crippen LogP contribution in [0.25, 0.3) is 0 Å². The van der Waals surface area contributed by atoms with E-state index in [1.54, 1.807) is 42.5 Å². The summed E-state index contributed by atoms with van der Waals surface area (Å²) in [4.78, 5) is 13.1. The minimum absolute atomic E-state index is 0.0409. The number of sulfonamides is 1. The van der Waals surface area contributed by atoms with Crippen LogP contribution in [0.2, 0.25) is 0 Å². The van der Waals surface area contributed by atoms with Gasteiger partial charge in [-0.1, -0.05) is 18.2 Å².